The van der Waals surface area contributed by atoms with E-state index in [2.05, 4.69) is 6.58 Å². The normalized spacial score (nSPS) is 11.3. The van der Waals surface area contributed by atoms with Crippen LogP contribution in [0, 0.1) is 10.1 Å². The van der Waals surface area contributed by atoms with Gasteiger partial charge in [0, 0.05) is 18.7 Å². The molecule has 0 aliphatic heterocycles. The van der Waals surface area contributed by atoms with Gasteiger partial charge in [0.1, 0.15) is 11.4 Å². The first-order chi connectivity index (χ1) is 9.70. The quantitative estimate of drug-likeness (QED) is 0.458. The standard InChI is InChI=1S/C11H11ClN2O6S/c1-2-5-13(7-11(15)16)21(19,20)10-6-8(14(17)18)3-4-9(10)12/h2-4,6H,1,5,7H2,(H,15,16). The molecule has 0 fully saturated rings. The molecule has 0 aliphatic rings. The van der Waals surface area contributed by atoms with Crippen LogP contribution in [0.2, 0.25) is 5.02 Å². The summed E-state index contributed by atoms with van der Waals surface area (Å²) in [6.07, 6.45) is 1.20. The van der Waals surface area contributed by atoms with Crippen LogP contribution in [0.4, 0.5) is 5.69 Å². The molecule has 0 saturated carbocycles. The van der Waals surface area contributed by atoms with Gasteiger partial charge < -0.3 is 5.11 Å². The predicted octanol–water partition coefficient (Wildman–Crippen LogP) is 1.51. The minimum Gasteiger partial charge on any atom is -0.480 e. The molecule has 0 amide bonds. The van der Waals surface area contributed by atoms with Gasteiger partial charge in [-0.1, -0.05) is 17.7 Å². The number of carboxylic acid groups (broad SMARTS) is 1. The Morgan fingerprint density at radius 1 is 1.52 bits per heavy atom. The van der Waals surface area contributed by atoms with Gasteiger partial charge in [0.05, 0.1) is 9.95 Å². The third kappa shape index (κ3) is 4.00. The van der Waals surface area contributed by atoms with Crippen molar-refractivity contribution >= 4 is 33.3 Å². The zero-order valence-corrected chi connectivity index (χ0v) is 12.2. The first-order valence-corrected chi connectivity index (χ1v) is 7.28. The maximum Gasteiger partial charge on any atom is 0.318 e. The highest BCUT2D eigenvalue weighted by Crippen LogP contribution is 2.28. The number of hydrogen-bond acceptors (Lipinski definition) is 5. The first-order valence-electron chi connectivity index (χ1n) is 5.47. The molecule has 8 nitrogen and oxygen atoms in total. The number of nitro groups is 1. The van der Waals surface area contributed by atoms with Gasteiger partial charge in [0.25, 0.3) is 5.69 Å². The van der Waals surface area contributed by atoms with Crippen LogP contribution >= 0.6 is 11.6 Å². The van der Waals surface area contributed by atoms with Crippen molar-refractivity contribution in [2.24, 2.45) is 0 Å². The number of non-ortho nitro benzene ring substituents is 1. The zero-order valence-electron chi connectivity index (χ0n) is 10.6. The lowest BCUT2D eigenvalue weighted by molar-refractivity contribution is -0.385. The van der Waals surface area contributed by atoms with Crippen molar-refractivity contribution in [3.05, 3.63) is 46.0 Å². The highest BCUT2D eigenvalue weighted by atomic mass is 35.5. The van der Waals surface area contributed by atoms with Gasteiger partial charge in [-0.3, -0.25) is 14.9 Å². The number of carboxylic acids is 1. The molecule has 1 aromatic carbocycles. The maximum atomic E-state index is 12.4. The summed E-state index contributed by atoms with van der Waals surface area (Å²) in [6.45, 7) is 2.26. The van der Waals surface area contributed by atoms with Gasteiger partial charge >= 0.3 is 5.97 Å². The van der Waals surface area contributed by atoms with E-state index in [1.807, 2.05) is 0 Å². The van der Waals surface area contributed by atoms with E-state index >= 15 is 0 Å². The molecule has 0 aromatic heterocycles. The van der Waals surface area contributed by atoms with Crippen molar-refractivity contribution in [2.75, 3.05) is 13.1 Å². The van der Waals surface area contributed by atoms with Crippen LogP contribution in [0.1, 0.15) is 0 Å². The van der Waals surface area contributed by atoms with Crippen molar-refractivity contribution in [3.8, 4) is 0 Å². The Kier molecular flexibility index (Phi) is 5.41. The fourth-order valence-corrected chi connectivity index (χ4v) is 3.34. The molecule has 10 heteroatoms. The second-order valence-electron chi connectivity index (χ2n) is 3.85. The van der Waals surface area contributed by atoms with Gasteiger partial charge in [0.2, 0.25) is 10.0 Å². The van der Waals surface area contributed by atoms with Gasteiger partial charge in [-0.15, -0.1) is 6.58 Å². The van der Waals surface area contributed by atoms with Crippen LogP contribution in [0.15, 0.2) is 35.7 Å². The van der Waals surface area contributed by atoms with E-state index in [0.717, 1.165) is 18.2 Å². The number of benzene rings is 1. The molecule has 0 heterocycles. The Labute approximate surface area is 125 Å². The smallest absolute Gasteiger partial charge is 0.318 e. The van der Waals surface area contributed by atoms with E-state index in [4.69, 9.17) is 16.7 Å². The van der Waals surface area contributed by atoms with Crippen LogP contribution in [0.25, 0.3) is 0 Å². The summed E-state index contributed by atoms with van der Waals surface area (Å²) in [7, 11) is -4.30. The van der Waals surface area contributed by atoms with Crippen molar-refractivity contribution in [3.63, 3.8) is 0 Å². The SMILES string of the molecule is C=CCN(CC(=O)O)S(=O)(=O)c1cc([N+](=O)[O-])ccc1Cl. The van der Waals surface area contributed by atoms with Crippen molar-refractivity contribution in [2.45, 2.75) is 4.90 Å². The van der Waals surface area contributed by atoms with Crippen molar-refractivity contribution in [1.82, 2.24) is 4.31 Å². The summed E-state index contributed by atoms with van der Waals surface area (Å²) >= 11 is 5.76. The Morgan fingerprint density at radius 3 is 2.62 bits per heavy atom. The lowest BCUT2D eigenvalue weighted by Gasteiger charge is -2.19. The van der Waals surface area contributed by atoms with E-state index in [-0.39, 0.29) is 11.6 Å². The van der Waals surface area contributed by atoms with Crippen molar-refractivity contribution in [1.29, 1.82) is 0 Å². The number of nitro benzene ring substituents is 1. The van der Waals surface area contributed by atoms with Gasteiger partial charge in [0.15, 0.2) is 0 Å². The Balaban J connectivity index is 3.39. The molecule has 0 saturated heterocycles. The molecule has 1 rings (SSSR count). The minimum atomic E-state index is -4.30. The number of aliphatic carboxylic acids is 1. The molecule has 114 valence electrons. The molecule has 0 bridgehead atoms. The third-order valence-electron chi connectivity index (χ3n) is 2.39. The second-order valence-corrected chi connectivity index (χ2v) is 6.17. The number of sulfonamides is 1. The summed E-state index contributed by atoms with van der Waals surface area (Å²) in [5.74, 6) is -1.37. The second kappa shape index (κ2) is 6.66. The molecular weight excluding hydrogens is 324 g/mol. The molecule has 0 aliphatic carbocycles. The Bertz CT molecular complexity index is 688. The van der Waals surface area contributed by atoms with Crippen LogP contribution in [0.5, 0.6) is 0 Å². The largest absolute Gasteiger partial charge is 0.480 e. The monoisotopic (exact) mass is 334 g/mol. The molecule has 0 radical (unpaired) electrons. The van der Waals surface area contributed by atoms with Gasteiger partial charge in [-0.05, 0) is 6.07 Å². The van der Waals surface area contributed by atoms with Crippen LogP contribution in [0.3, 0.4) is 0 Å². The average Bonchev–Trinajstić information content (AvgIpc) is 2.37. The van der Waals surface area contributed by atoms with E-state index in [1.165, 1.54) is 6.08 Å². The molecule has 1 N–H and O–H groups in total. The minimum absolute atomic E-state index is 0.236. The molecule has 1 aromatic rings. The summed E-state index contributed by atoms with van der Waals surface area (Å²) in [5.41, 5.74) is -0.466. The van der Waals surface area contributed by atoms with Gasteiger partial charge in [-0.2, -0.15) is 4.31 Å². The molecule has 21 heavy (non-hydrogen) atoms. The number of hydrogen-bond donors (Lipinski definition) is 1. The first kappa shape index (κ1) is 17.1. The highest BCUT2D eigenvalue weighted by molar-refractivity contribution is 7.89. The maximum absolute atomic E-state index is 12.4. The Morgan fingerprint density at radius 2 is 2.14 bits per heavy atom. The lowest BCUT2D eigenvalue weighted by atomic mass is 10.3. The highest BCUT2D eigenvalue weighted by Gasteiger charge is 2.29. The summed E-state index contributed by atoms with van der Waals surface area (Å²) in [6, 6.07) is 2.91. The Hall–Kier alpha value is -1.97. The van der Waals surface area contributed by atoms with E-state index in [1.54, 1.807) is 0 Å². The van der Waals surface area contributed by atoms with E-state index < -0.39 is 38.0 Å². The van der Waals surface area contributed by atoms with E-state index in [0.29, 0.717) is 4.31 Å². The summed E-state index contributed by atoms with van der Waals surface area (Å²) < 4.78 is 25.3. The van der Waals surface area contributed by atoms with Crippen LogP contribution < -0.4 is 0 Å². The van der Waals surface area contributed by atoms with Crippen LogP contribution in [-0.2, 0) is 14.8 Å². The molecule has 0 atom stereocenters. The predicted molar refractivity (Wildman–Crippen MR) is 74.7 cm³/mol. The molecule has 0 unspecified atom stereocenters. The number of rotatable bonds is 7. The zero-order chi connectivity index (χ0) is 16.2. The summed E-state index contributed by atoms with van der Waals surface area (Å²) in [5, 5.41) is 19.2. The van der Waals surface area contributed by atoms with Gasteiger partial charge in [-0.25, -0.2) is 8.42 Å². The number of halogens is 1. The topological polar surface area (TPSA) is 118 Å². The van der Waals surface area contributed by atoms with Crippen molar-refractivity contribution < 1.29 is 23.2 Å². The number of nitrogens with zero attached hydrogens (tertiary/aromatic N) is 2. The summed E-state index contributed by atoms with van der Waals surface area (Å²) in [4.78, 5) is 20.1. The fraction of sp³-hybridized carbons (Fsp3) is 0.182. The third-order valence-corrected chi connectivity index (χ3v) is 4.68. The van der Waals surface area contributed by atoms with E-state index in [9.17, 15) is 23.3 Å². The molecular formula is C11H11ClN2O6S. The van der Waals surface area contributed by atoms with Crippen LogP contribution in [-0.4, -0.2) is 41.8 Å². The fourth-order valence-electron chi connectivity index (χ4n) is 1.48. The number of carbonyl (C=O) groups is 1. The molecule has 0 spiro atoms. The lowest BCUT2D eigenvalue weighted by Crippen LogP contribution is -2.36. The average molecular weight is 335 g/mol.